The normalized spacial score (nSPS) is 12.9. The van der Waals surface area contributed by atoms with Crippen LogP contribution < -0.4 is 5.32 Å². The summed E-state index contributed by atoms with van der Waals surface area (Å²) >= 11 is 1.69. The molecule has 17 heavy (non-hydrogen) atoms. The summed E-state index contributed by atoms with van der Waals surface area (Å²) in [6.45, 7) is 5.83. The molecule has 0 aliphatic rings. The van der Waals surface area contributed by atoms with Crippen molar-refractivity contribution in [1.29, 1.82) is 0 Å². The number of rotatable bonds is 5. The Hall–Kier alpha value is -1.20. The first-order chi connectivity index (χ1) is 8.22. The number of aryl methyl sites for hydroxylation is 1. The summed E-state index contributed by atoms with van der Waals surface area (Å²) in [6.07, 6.45) is 1.62. The summed E-state index contributed by atoms with van der Waals surface area (Å²) in [5.41, 5.74) is 2.26. The Kier molecular flexibility index (Phi) is 3.91. The third-order valence-electron chi connectivity index (χ3n) is 2.60. The van der Waals surface area contributed by atoms with Crippen LogP contribution in [0, 0.1) is 12.8 Å². The Morgan fingerprint density at radius 2 is 2.29 bits per heavy atom. The second-order valence-electron chi connectivity index (χ2n) is 4.26. The van der Waals surface area contributed by atoms with Gasteiger partial charge in [-0.05, 0) is 23.8 Å². The second kappa shape index (κ2) is 5.42. The van der Waals surface area contributed by atoms with E-state index >= 15 is 0 Å². The second-order valence-corrected chi connectivity index (χ2v) is 5.14. The summed E-state index contributed by atoms with van der Waals surface area (Å²) in [5, 5.41) is 5.48. The molecule has 2 heterocycles. The molecule has 1 N–H and O–H groups in total. The molecule has 1 unspecified atom stereocenters. The maximum absolute atomic E-state index is 5.11. The lowest BCUT2D eigenvalue weighted by atomic mass is 10.2. The number of thiophene rings is 1. The van der Waals surface area contributed by atoms with Crippen molar-refractivity contribution < 1.29 is 4.74 Å². The molecule has 0 aliphatic carbocycles. The molecule has 0 radical (unpaired) electrons. The molecular formula is C12H17N3OS. The molecule has 0 saturated heterocycles. The van der Waals surface area contributed by atoms with Gasteiger partial charge in [-0.1, -0.05) is 6.92 Å². The maximum atomic E-state index is 5.11. The summed E-state index contributed by atoms with van der Waals surface area (Å²) in [6, 6.07) is 0. The number of fused-ring (bicyclic) bond motifs is 1. The van der Waals surface area contributed by atoms with Crippen LogP contribution in [0.3, 0.4) is 0 Å². The van der Waals surface area contributed by atoms with Crippen LogP contribution in [0.25, 0.3) is 10.2 Å². The van der Waals surface area contributed by atoms with Crippen LogP contribution in [0.2, 0.25) is 0 Å². The highest BCUT2D eigenvalue weighted by molar-refractivity contribution is 7.18. The largest absolute Gasteiger partial charge is 0.384 e. The van der Waals surface area contributed by atoms with Crippen LogP contribution in [0.5, 0.6) is 0 Å². The van der Waals surface area contributed by atoms with Crippen molar-refractivity contribution >= 4 is 27.4 Å². The zero-order valence-electron chi connectivity index (χ0n) is 10.4. The van der Waals surface area contributed by atoms with Gasteiger partial charge in [0.25, 0.3) is 0 Å². The first kappa shape index (κ1) is 12.3. The molecule has 2 aromatic rings. The predicted octanol–water partition coefficient (Wildman–Crippen LogP) is 2.69. The van der Waals surface area contributed by atoms with E-state index in [0.29, 0.717) is 5.92 Å². The molecule has 4 nitrogen and oxygen atoms in total. The van der Waals surface area contributed by atoms with Crippen LogP contribution in [0.15, 0.2) is 11.7 Å². The van der Waals surface area contributed by atoms with Crippen molar-refractivity contribution in [3.8, 4) is 0 Å². The zero-order chi connectivity index (χ0) is 12.3. The molecule has 0 amide bonds. The van der Waals surface area contributed by atoms with Crippen molar-refractivity contribution in [3.05, 3.63) is 17.3 Å². The van der Waals surface area contributed by atoms with Crippen LogP contribution >= 0.6 is 11.3 Å². The van der Waals surface area contributed by atoms with Crippen molar-refractivity contribution in [2.45, 2.75) is 13.8 Å². The Bertz CT molecular complexity index is 497. The highest BCUT2D eigenvalue weighted by atomic mass is 32.1. The predicted molar refractivity (Wildman–Crippen MR) is 71.7 cm³/mol. The lowest BCUT2D eigenvalue weighted by molar-refractivity contribution is 0.164. The van der Waals surface area contributed by atoms with E-state index in [2.05, 4.69) is 34.5 Å². The number of ether oxygens (including phenoxy) is 1. The number of nitrogens with zero attached hydrogens (tertiary/aromatic N) is 2. The molecule has 92 valence electrons. The van der Waals surface area contributed by atoms with Gasteiger partial charge in [0.2, 0.25) is 0 Å². The lowest BCUT2D eigenvalue weighted by Gasteiger charge is -2.12. The molecule has 2 rings (SSSR count). The van der Waals surface area contributed by atoms with Crippen LogP contribution in [-0.2, 0) is 4.74 Å². The van der Waals surface area contributed by atoms with Gasteiger partial charge in [0.15, 0.2) is 0 Å². The topological polar surface area (TPSA) is 47.0 Å². The van der Waals surface area contributed by atoms with E-state index < -0.39 is 0 Å². The number of hydrogen-bond acceptors (Lipinski definition) is 5. The fourth-order valence-electron chi connectivity index (χ4n) is 1.71. The fourth-order valence-corrected chi connectivity index (χ4v) is 2.68. The number of anilines is 1. The fraction of sp³-hybridized carbons (Fsp3) is 0.500. The molecule has 2 aromatic heterocycles. The molecule has 0 spiro atoms. The summed E-state index contributed by atoms with van der Waals surface area (Å²) in [4.78, 5) is 8.60. The zero-order valence-corrected chi connectivity index (χ0v) is 11.2. The number of nitrogens with one attached hydrogen (secondary N) is 1. The van der Waals surface area contributed by atoms with Gasteiger partial charge in [-0.3, -0.25) is 0 Å². The minimum atomic E-state index is 0.464. The highest BCUT2D eigenvalue weighted by Crippen LogP contribution is 2.28. The summed E-state index contributed by atoms with van der Waals surface area (Å²) in [7, 11) is 1.72. The maximum Gasteiger partial charge on any atom is 0.147 e. The molecule has 0 aromatic carbocycles. The van der Waals surface area contributed by atoms with Crippen LogP contribution in [0.4, 0.5) is 5.82 Å². The summed E-state index contributed by atoms with van der Waals surface area (Å²) in [5.74, 6) is 1.39. The number of hydrogen-bond donors (Lipinski definition) is 1. The van der Waals surface area contributed by atoms with Gasteiger partial charge in [-0.25, -0.2) is 9.97 Å². The molecule has 0 aliphatic heterocycles. The molecule has 0 fully saturated rings. The number of aromatic nitrogens is 2. The Labute approximate surface area is 105 Å². The minimum absolute atomic E-state index is 0.464. The molecular weight excluding hydrogens is 234 g/mol. The van der Waals surface area contributed by atoms with E-state index in [9.17, 15) is 0 Å². The van der Waals surface area contributed by atoms with E-state index in [1.807, 2.05) is 0 Å². The van der Waals surface area contributed by atoms with E-state index in [1.165, 1.54) is 5.56 Å². The minimum Gasteiger partial charge on any atom is -0.384 e. The van der Waals surface area contributed by atoms with E-state index in [0.717, 1.165) is 29.2 Å². The SMILES string of the molecule is COCC(C)CNc1ncnc2c(C)csc12. The van der Waals surface area contributed by atoms with Crippen LogP contribution in [0.1, 0.15) is 12.5 Å². The third kappa shape index (κ3) is 2.73. The van der Waals surface area contributed by atoms with Gasteiger partial charge in [0, 0.05) is 13.7 Å². The van der Waals surface area contributed by atoms with Crippen molar-refractivity contribution in [2.75, 3.05) is 25.6 Å². The van der Waals surface area contributed by atoms with Gasteiger partial charge in [0.1, 0.15) is 12.1 Å². The average Bonchev–Trinajstić information content (AvgIpc) is 2.70. The Balaban J connectivity index is 2.13. The van der Waals surface area contributed by atoms with Crippen molar-refractivity contribution in [2.24, 2.45) is 5.92 Å². The van der Waals surface area contributed by atoms with Gasteiger partial charge in [0.05, 0.1) is 16.8 Å². The van der Waals surface area contributed by atoms with Gasteiger partial charge < -0.3 is 10.1 Å². The van der Waals surface area contributed by atoms with E-state index in [4.69, 9.17) is 4.74 Å². The summed E-state index contributed by atoms with van der Waals surface area (Å²) < 4.78 is 6.25. The average molecular weight is 251 g/mol. The third-order valence-corrected chi connectivity index (χ3v) is 3.69. The molecule has 5 heteroatoms. The highest BCUT2D eigenvalue weighted by Gasteiger charge is 2.08. The van der Waals surface area contributed by atoms with Gasteiger partial charge >= 0.3 is 0 Å². The number of methoxy groups -OCH3 is 1. The van der Waals surface area contributed by atoms with Crippen molar-refractivity contribution in [1.82, 2.24) is 9.97 Å². The van der Waals surface area contributed by atoms with E-state index in [1.54, 1.807) is 24.8 Å². The lowest BCUT2D eigenvalue weighted by Crippen LogP contribution is -2.16. The quantitative estimate of drug-likeness (QED) is 0.887. The Morgan fingerprint density at radius 1 is 1.47 bits per heavy atom. The standard InChI is InChI=1S/C12H17N3OS/c1-8(5-16-3)4-13-12-11-10(14-7-15-12)9(2)6-17-11/h6-8H,4-5H2,1-3H3,(H,13,14,15). The first-order valence-electron chi connectivity index (χ1n) is 5.64. The van der Waals surface area contributed by atoms with Crippen LogP contribution in [-0.4, -0.2) is 30.2 Å². The molecule has 0 saturated carbocycles. The monoisotopic (exact) mass is 251 g/mol. The van der Waals surface area contributed by atoms with E-state index in [-0.39, 0.29) is 0 Å². The van der Waals surface area contributed by atoms with Gasteiger partial charge in [-0.2, -0.15) is 0 Å². The van der Waals surface area contributed by atoms with Gasteiger partial charge in [-0.15, -0.1) is 11.3 Å². The first-order valence-corrected chi connectivity index (χ1v) is 6.52. The Morgan fingerprint density at radius 3 is 3.06 bits per heavy atom. The molecule has 0 bridgehead atoms. The van der Waals surface area contributed by atoms with Crippen molar-refractivity contribution in [3.63, 3.8) is 0 Å². The smallest absolute Gasteiger partial charge is 0.147 e. The molecule has 1 atom stereocenters.